The highest BCUT2D eigenvalue weighted by Gasteiger charge is 2.13. The number of azo groups is 1. The number of nitrogens with zero attached hydrogens (tertiary/aromatic N) is 3. The summed E-state index contributed by atoms with van der Waals surface area (Å²) in [5.74, 6) is 0.0983. The molecule has 1 aromatic heterocycles. The predicted molar refractivity (Wildman–Crippen MR) is 67.4 cm³/mol. The highest BCUT2D eigenvalue weighted by molar-refractivity contribution is 7.80. The van der Waals surface area contributed by atoms with E-state index in [2.05, 4.69) is 10.2 Å². The largest absolute Gasteiger partial charge is 0.493 e. The highest BCUT2D eigenvalue weighted by atomic mass is 32.1. The maximum Gasteiger partial charge on any atom is 0.220 e. The fraction of sp³-hybridized carbons (Fsp3) is 0.182. The number of benzene rings is 1. The average Bonchev–Trinajstić information content (AvgIpc) is 2.50. The van der Waals surface area contributed by atoms with E-state index in [0.717, 1.165) is 10.9 Å². The molecule has 4 nitrogen and oxygen atoms in total. The molecule has 0 amide bonds. The molecule has 1 N–H and O–H groups in total. The molecule has 0 aliphatic heterocycles. The second kappa shape index (κ2) is 4.02. The van der Waals surface area contributed by atoms with Crippen LogP contribution in [0.3, 0.4) is 0 Å². The van der Waals surface area contributed by atoms with Gasteiger partial charge in [-0.05, 0) is 13.0 Å². The average molecular weight is 233 g/mol. The Morgan fingerprint density at radius 3 is 2.75 bits per heavy atom. The first-order valence-corrected chi connectivity index (χ1v) is 5.20. The van der Waals surface area contributed by atoms with Gasteiger partial charge in [0.25, 0.3) is 0 Å². The second-order valence-electron chi connectivity index (χ2n) is 3.47. The Kier molecular flexibility index (Phi) is 2.70. The van der Waals surface area contributed by atoms with Gasteiger partial charge < -0.3 is 9.67 Å². The van der Waals surface area contributed by atoms with Gasteiger partial charge in [-0.25, -0.2) is 0 Å². The number of para-hydroxylation sites is 1. The van der Waals surface area contributed by atoms with Crippen LogP contribution in [0.25, 0.3) is 10.9 Å². The van der Waals surface area contributed by atoms with Crippen LogP contribution in [0, 0.1) is 0 Å². The smallest absolute Gasteiger partial charge is 0.220 e. The number of thiocarbonyl (C=S) groups is 1. The Hall–Kier alpha value is -1.75. The molecule has 0 aliphatic rings. The van der Waals surface area contributed by atoms with E-state index in [1.807, 2.05) is 24.3 Å². The third-order valence-corrected chi connectivity index (χ3v) is 2.42. The lowest BCUT2D eigenvalue weighted by molar-refractivity contribution is 0.436. The lowest BCUT2D eigenvalue weighted by Gasteiger charge is -1.94. The van der Waals surface area contributed by atoms with Crippen molar-refractivity contribution in [2.24, 2.45) is 17.3 Å². The molecule has 0 fully saturated rings. The Balaban J connectivity index is 2.69. The monoisotopic (exact) mass is 233 g/mol. The maximum absolute atomic E-state index is 9.90. The molecule has 0 aliphatic carbocycles. The minimum atomic E-state index is 0.0983. The van der Waals surface area contributed by atoms with Crippen molar-refractivity contribution in [2.75, 3.05) is 0 Å². The number of hydrogen-bond acceptors (Lipinski definition) is 3. The first-order chi connectivity index (χ1) is 7.61. The van der Waals surface area contributed by atoms with E-state index in [-0.39, 0.29) is 5.88 Å². The molecule has 0 saturated carbocycles. The molecule has 2 aromatic rings. The van der Waals surface area contributed by atoms with Gasteiger partial charge in [0, 0.05) is 12.4 Å². The van der Waals surface area contributed by atoms with Crippen molar-refractivity contribution in [1.82, 2.24) is 4.57 Å². The first kappa shape index (κ1) is 10.8. The first-order valence-electron chi connectivity index (χ1n) is 4.80. The number of aromatic nitrogens is 1. The summed E-state index contributed by atoms with van der Waals surface area (Å²) in [5.41, 5.74) is 1.37. The number of aromatic hydroxyl groups is 1. The minimum absolute atomic E-state index is 0.0983. The van der Waals surface area contributed by atoms with Crippen LogP contribution in [-0.2, 0) is 7.05 Å². The van der Waals surface area contributed by atoms with Gasteiger partial charge in [0.2, 0.25) is 5.88 Å². The fourth-order valence-electron chi connectivity index (χ4n) is 1.58. The van der Waals surface area contributed by atoms with E-state index in [0.29, 0.717) is 10.7 Å². The summed E-state index contributed by atoms with van der Waals surface area (Å²) < 4.78 is 1.67. The molecule has 0 spiro atoms. The van der Waals surface area contributed by atoms with E-state index in [4.69, 9.17) is 12.2 Å². The molecule has 5 heteroatoms. The zero-order chi connectivity index (χ0) is 11.7. The molecule has 0 atom stereocenters. The zero-order valence-corrected chi connectivity index (χ0v) is 9.82. The van der Waals surface area contributed by atoms with E-state index in [1.54, 1.807) is 18.5 Å². The van der Waals surface area contributed by atoms with Gasteiger partial charge in [-0.2, -0.15) is 0 Å². The molecule has 16 heavy (non-hydrogen) atoms. The summed E-state index contributed by atoms with van der Waals surface area (Å²) in [5, 5.41) is 18.5. The van der Waals surface area contributed by atoms with Crippen molar-refractivity contribution >= 4 is 33.8 Å². The SMILES string of the molecule is CC(=S)N=Nc1c(O)n(C)c2ccccc12. The Morgan fingerprint density at radius 1 is 1.38 bits per heavy atom. The fourth-order valence-corrected chi connectivity index (χ4v) is 1.62. The summed E-state index contributed by atoms with van der Waals surface area (Å²) in [7, 11) is 1.78. The zero-order valence-electron chi connectivity index (χ0n) is 9.01. The van der Waals surface area contributed by atoms with Crippen molar-refractivity contribution in [3.8, 4) is 5.88 Å². The summed E-state index contributed by atoms with van der Waals surface area (Å²) in [4.78, 5) is 0.437. The van der Waals surface area contributed by atoms with Crippen LogP contribution >= 0.6 is 12.2 Å². The third kappa shape index (κ3) is 1.69. The molecule has 0 radical (unpaired) electrons. The predicted octanol–water partition coefficient (Wildman–Crippen LogP) is 3.31. The minimum Gasteiger partial charge on any atom is -0.493 e. The van der Waals surface area contributed by atoms with Crippen molar-refractivity contribution < 1.29 is 5.11 Å². The Labute approximate surface area is 98.2 Å². The van der Waals surface area contributed by atoms with Gasteiger partial charge in [0.1, 0.15) is 4.99 Å². The van der Waals surface area contributed by atoms with Crippen LogP contribution in [0.1, 0.15) is 6.92 Å². The van der Waals surface area contributed by atoms with E-state index in [9.17, 15) is 5.11 Å². The van der Waals surface area contributed by atoms with Crippen LogP contribution in [0.4, 0.5) is 5.69 Å². The Morgan fingerprint density at radius 2 is 2.06 bits per heavy atom. The molecule has 0 saturated heterocycles. The normalized spacial score (nSPS) is 11.4. The topological polar surface area (TPSA) is 49.9 Å². The number of aryl methyl sites for hydroxylation is 1. The third-order valence-electron chi connectivity index (χ3n) is 2.34. The van der Waals surface area contributed by atoms with Gasteiger partial charge in [0.15, 0.2) is 5.69 Å². The van der Waals surface area contributed by atoms with E-state index in [1.165, 1.54) is 0 Å². The molecular weight excluding hydrogens is 222 g/mol. The summed E-state index contributed by atoms with van der Waals surface area (Å²) in [6.45, 7) is 1.68. The van der Waals surface area contributed by atoms with Crippen LogP contribution < -0.4 is 0 Å². The van der Waals surface area contributed by atoms with Gasteiger partial charge in [-0.1, -0.05) is 30.4 Å². The van der Waals surface area contributed by atoms with Gasteiger partial charge >= 0.3 is 0 Å². The van der Waals surface area contributed by atoms with Gasteiger partial charge in [-0.3, -0.25) is 0 Å². The molecule has 82 valence electrons. The van der Waals surface area contributed by atoms with Crippen molar-refractivity contribution in [3.05, 3.63) is 24.3 Å². The van der Waals surface area contributed by atoms with Crippen molar-refractivity contribution in [2.45, 2.75) is 6.92 Å². The molecule has 1 aromatic carbocycles. The molecule has 2 rings (SSSR count). The number of fused-ring (bicyclic) bond motifs is 1. The quantitative estimate of drug-likeness (QED) is 0.606. The second-order valence-corrected chi connectivity index (χ2v) is 4.06. The summed E-state index contributed by atoms with van der Waals surface area (Å²) >= 11 is 4.82. The van der Waals surface area contributed by atoms with Gasteiger partial charge in [0.05, 0.1) is 5.52 Å². The highest BCUT2D eigenvalue weighted by Crippen LogP contribution is 2.37. The lowest BCUT2D eigenvalue weighted by Crippen LogP contribution is -1.84. The summed E-state index contributed by atoms with van der Waals surface area (Å²) in [6.07, 6.45) is 0. The van der Waals surface area contributed by atoms with Crippen molar-refractivity contribution in [1.29, 1.82) is 0 Å². The van der Waals surface area contributed by atoms with E-state index >= 15 is 0 Å². The van der Waals surface area contributed by atoms with Crippen LogP contribution in [0.15, 0.2) is 34.5 Å². The molecule has 0 unspecified atom stereocenters. The van der Waals surface area contributed by atoms with Gasteiger partial charge in [-0.15, -0.1) is 10.2 Å². The molecular formula is C11H11N3OS. The van der Waals surface area contributed by atoms with Crippen LogP contribution in [-0.4, -0.2) is 14.7 Å². The summed E-state index contributed by atoms with van der Waals surface area (Å²) in [6, 6.07) is 7.61. The van der Waals surface area contributed by atoms with Crippen molar-refractivity contribution in [3.63, 3.8) is 0 Å². The number of hydrogen-bond donors (Lipinski definition) is 1. The molecule has 1 heterocycles. The standard InChI is InChI=1S/C11H11N3OS/c1-7(16)12-13-10-8-5-3-4-6-9(8)14(2)11(10)15/h3-6,15H,1-2H3. The van der Waals surface area contributed by atoms with Crippen LogP contribution in [0.2, 0.25) is 0 Å². The molecule has 0 bridgehead atoms. The van der Waals surface area contributed by atoms with E-state index < -0.39 is 0 Å². The Bertz CT molecular complexity index is 586. The van der Waals surface area contributed by atoms with Crippen LogP contribution in [0.5, 0.6) is 5.88 Å². The lowest BCUT2D eigenvalue weighted by atomic mass is 10.2. The number of rotatable bonds is 1. The maximum atomic E-state index is 9.90.